The van der Waals surface area contributed by atoms with Crippen molar-refractivity contribution < 1.29 is 0 Å². The highest BCUT2D eigenvalue weighted by molar-refractivity contribution is 5.20. The first-order chi connectivity index (χ1) is 9.81. The molecule has 0 aliphatic carbocycles. The Balaban J connectivity index is 1.88. The molecule has 3 nitrogen and oxygen atoms in total. The zero-order valence-corrected chi connectivity index (χ0v) is 13.0. The molecule has 0 spiro atoms. The molecule has 1 fully saturated rings. The lowest BCUT2D eigenvalue weighted by Crippen LogP contribution is -2.47. The second kappa shape index (κ2) is 8.40. The summed E-state index contributed by atoms with van der Waals surface area (Å²) in [6.07, 6.45) is 3.93. The van der Waals surface area contributed by atoms with Crippen LogP contribution >= 0.6 is 0 Å². The monoisotopic (exact) mass is 275 g/mol. The maximum absolute atomic E-state index is 3.23. The van der Waals surface area contributed by atoms with Crippen LogP contribution in [0.15, 0.2) is 30.3 Å². The van der Waals surface area contributed by atoms with Crippen LogP contribution in [0.3, 0.4) is 0 Å². The maximum Gasteiger partial charge on any atom is 0.0475 e. The first-order valence-electron chi connectivity index (χ1n) is 7.93. The van der Waals surface area contributed by atoms with Crippen molar-refractivity contribution in [2.75, 3.05) is 46.8 Å². The largest absolute Gasteiger partial charge is 0.320 e. The van der Waals surface area contributed by atoms with E-state index in [2.05, 4.69) is 52.5 Å². The van der Waals surface area contributed by atoms with Crippen molar-refractivity contribution in [3.05, 3.63) is 35.9 Å². The Labute approximate surface area is 124 Å². The van der Waals surface area contributed by atoms with Crippen LogP contribution < -0.4 is 5.32 Å². The molecule has 1 N–H and O–H groups in total. The number of hydrogen-bond donors (Lipinski definition) is 1. The fraction of sp³-hybridized carbons (Fsp3) is 0.647. The average molecular weight is 275 g/mol. The minimum Gasteiger partial charge on any atom is -0.320 e. The van der Waals surface area contributed by atoms with Crippen molar-refractivity contribution in [2.24, 2.45) is 0 Å². The van der Waals surface area contributed by atoms with E-state index in [1.54, 1.807) is 0 Å². The molecule has 1 unspecified atom stereocenters. The molecule has 1 aromatic rings. The van der Waals surface area contributed by atoms with Crippen LogP contribution in [0.5, 0.6) is 0 Å². The number of nitrogens with zero attached hydrogens (tertiary/aromatic N) is 2. The van der Waals surface area contributed by atoms with Gasteiger partial charge in [0.2, 0.25) is 0 Å². The van der Waals surface area contributed by atoms with E-state index >= 15 is 0 Å². The van der Waals surface area contributed by atoms with Crippen molar-refractivity contribution in [3.63, 3.8) is 0 Å². The number of benzene rings is 1. The van der Waals surface area contributed by atoms with Gasteiger partial charge >= 0.3 is 0 Å². The van der Waals surface area contributed by atoms with Crippen molar-refractivity contribution in [2.45, 2.75) is 25.3 Å². The fourth-order valence-electron chi connectivity index (χ4n) is 3.01. The summed E-state index contributed by atoms with van der Waals surface area (Å²) in [6, 6.07) is 11.6. The lowest BCUT2D eigenvalue weighted by atomic mass is 10.0. The third kappa shape index (κ3) is 4.58. The quantitative estimate of drug-likeness (QED) is 0.771. The molecular formula is C17H29N3. The Hall–Kier alpha value is -0.900. The lowest BCUT2D eigenvalue weighted by Gasteiger charge is -2.40. The summed E-state index contributed by atoms with van der Waals surface area (Å²) >= 11 is 0. The van der Waals surface area contributed by atoms with Crippen LogP contribution in [0.2, 0.25) is 0 Å². The summed E-state index contributed by atoms with van der Waals surface area (Å²) in [6.45, 7) is 5.92. The van der Waals surface area contributed by atoms with Gasteiger partial charge in [0.15, 0.2) is 0 Å². The van der Waals surface area contributed by atoms with Crippen molar-refractivity contribution >= 4 is 0 Å². The summed E-state index contributed by atoms with van der Waals surface area (Å²) in [7, 11) is 4.27. The highest BCUT2D eigenvalue weighted by Gasteiger charge is 2.25. The molecule has 1 aliphatic rings. The van der Waals surface area contributed by atoms with E-state index in [0.29, 0.717) is 6.04 Å². The summed E-state index contributed by atoms with van der Waals surface area (Å²) in [5.41, 5.74) is 1.47. The molecular weight excluding hydrogens is 246 g/mol. The van der Waals surface area contributed by atoms with E-state index in [1.165, 1.54) is 44.5 Å². The summed E-state index contributed by atoms with van der Waals surface area (Å²) in [4.78, 5) is 5.13. The van der Waals surface area contributed by atoms with Gasteiger partial charge in [-0.1, -0.05) is 36.8 Å². The van der Waals surface area contributed by atoms with Crippen LogP contribution in [-0.4, -0.2) is 56.6 Å². The van der Waals surface area contributed by atoms with Gasteiger partial charge in [-0.25, -0.2) is 0 Å². The number of rotatable bonds is 7. The molecule has 0 bridgehead atoms. The summed E-state index contributed by atoms with van der Waals surface area (Å²) in [5, 5.41) is 3.23. The van der Waals surface area contributed by atoms with Crippen LogP contribution in [0, 0.1) is 0 Å². The molecule has 112 valence electrons. The number of likely N-dealkylation sites (N-methyl/N-ethyl adjacent to an activating group) is 1. The minimum absolute atomic E-state index is 0.569. The Morgan fingerprint density at radius 1 is 1.10 bits per heavy atom. The molecule has 0 radical (unpaired) electrons. The Bertz CT molecular complexity index is 366. The molecule has 1 saturated heterocycles. The van der Waals surface area contributed by atoms with Gasteiger partial charge in [0, 0.05) is 25.7 Å². The van der Waals surface area contributed by atoms with Crippen LogP contribution in [0.25, 0.3) is 0 Å². The normalized spacial score (nSPS) is 21.2. The molecule has 20 heavy (non-hydrogen) atoms. The molecule has 1 heterocycles. The predicted octanol–water partition coefficient (Wildman–Crippen LogP) is 2.36. The van der Waals surface area contributed by atoms with Crippen molar-refractivity contribution in [1.29, 1.82) is 0 Å². The predicted molar refractivity (Wildman–Crippen MR) is 86.0 cm³/mol. The van der Waals surface area contributed by atoms with Crippen molar-refractivity contribution in [3.8, 4) is 0 Å². The number of nitrogens with one attached hydrogen (secondary N) is 1. The second-order valence-corrected chi connectivity index (χ2v) is 5.89. The standard InChI is InChI=1S/C17H29N3/c1-18-11-7-4-8-12-20-14-13-19(2)15-17(20)16-9-5-3-6-10-16/h3,5-6,9-10,17-18H,4,7-8,11-15H2,1-2H3. The number of hydrogen-bond acceptors (Lipinski definition) is 3. The van der Waals surface area contributed by atoms with Gasteiger partial charge in [-0.3, -0.25) is 4.90 Å². The molecule has 1 aliphatic heterocycles. The van der Waals surface area contributed by atoms with Crippen LogP contribution in [0.1, 0.15) is 30.9 Å². The van der Waals surface area contributed by atoms with Gasteiger partial charge in [-0.2, -0.15) is 0 Å². The molecule has 3 heteroatoms. The van der Waals surface area contributed by atoms with E-state index in [-0.39, 0.29) is 0 Å². The zero-order chi connectivity index (χ0) is 14.2. The Morgan fingerprint density at radius 3 is 2.65 bits per heavy atom. The topological polar surface area (TPSA) is 18.5 Å². The van der Waals surface area contributed by atoms with Gasteiger partial charge < -0.3 is 10.2 Å². The second-order valence-electron chi connectivity index (χ2n) is 5.89. The Morgan fingerprint density at radius 2 is 1.90 bits per heavy atom. The first kappa shape index (κ1) is 15.5. The van der Waals surface area contributed by atoms with E-state index in [0.717, 1.165) is 13.1 Å². The highest BCUT2D eigenvalue weighted by atomic mass is 15.3. The van der Waals surface area contributed by atoms with Crippen LogP contribution in [0.4, 0.5) is 0 Å². The minimum atomic E-state index is 0.569. The molecule has 1 aromatic carbocycles. The van der Waals surface area contributed by atoms with Crippen LogP contribution in [-0.2, 0) is 0 Å². The SMILES string of the molecule is CNCCCCCN1CCN(C)CC1c1ccccc1. The molecule has 1 atom stereocenters. The third-order valence-corrected chi connectivity index (χ3v) is 4.25. The molecule has 2 rings (SSSR count). The number of unbranched alkanes of at least 4 members (excludes halogenated alkanes) is 2. The smallest absolute Gasteiger partial charge is 0.0475 e. The number of piperazine rings is 1. The average Bonchev–Trinajstić information content (AvgIpc) is 2.49. The van der Waals surface area contributed by atoms with E-state index in [9.17, 15) is 0 Å². The highest BCUT2D eigenvalue weighted by Crippen LogP contribution is 2.25. The third-order valence-electron chi connectivity index (χ3n) is 4.25. The van der Waals surface area contributed by atoms with E-state index in [1.807, 2.05) is 7.05 Å². The van der Waals surface area contributed by atoms with E-state index in [4.69, 9.17) is 0 Å². The Kier molecular flexibility index (Phi) is 6.51. The first-order valence-corrected chi connectivity index (χ1v) is 7.93. The van der Waals surface area contributed by atoms with Gasteiger partial charge in [0.25, 0.3) is 0 Å². The maximum atomic E-state index is 3.23. The van der Waals surface area contributed by atoms with Gasteiger partial charge in [-0.05, 0) is 45.6 Å². The molecule has 0 saturated carbocycles. The summed E-state index contributed by atoms with van der Waals surface area (Å²) < 4.78 is 0. The van der Waals surface area contributed by atoms with Gasteiger partial charge in [-0.15, -0.1) is 0 Å². The zero-order valence-electron chi connectivity index (χ0n) is 13.0. The van der Waals surface area contributed by atoms with E-state index < -0.39 is 0 Å². The molecule has 0 aromatic heterocycles. The van der Waals surface area contributed by atoms with Gasteiger partial charge in [0.05, 0.1) is 0 Å². The van der Waals surface area contributed by atoms with Gasteiger partial charge in [0.1, 0.15) is 0 Å². The molecule has 0 amide bonds. The lowest BCUT2D eigenvalue weighted by molar-refractivity contribution is 0.0882. The fourth-order valence-corrected chi connectivity index (χ4v) is 3.01. The van der Waals surface area contributed by atoms with Crippen molar-refractivity contribution in [1.82, 2.24) is 15.1 Å². The summed E-state index contributed by atoms with van der Waals surface area (Å²) in [5.74, 6) is 0.